The van der Waals surface area contributed by atoms with Crippen molar-refractivity contribution in [2.45, 2.75) is 230 Å². The van der Waals surface area contributed by atoms with Gasteiger partial charge in [-0.05, 0) is 108 Å². The molecule has 3 aromatic rings. The second kappa shape index (κ2) is 34.7. The van der Waals surface area contributed by atoms with Gasteiger partial charge in [0.15, 0.2) is 18.2 Å². The number of fused-ring (bicyclic) bond motifs is 1. The molecule has 10 nitrogen and oxygen atoms in total. The van der Waals surface area contributed by atoms with Crippen molar-refractivity contribution in [2.75, 3.05) is 6.61 Å². The third-order valence-electron chi connectivity index (χ3n) is 13.6. The summed E-state index contributed by atoms with van der Waals surface area (Å²) in [5, 5.41) is 3.17. The zero-order chi connectivity index (χ0) is 50.9. The first-order valence-corrected chi connectivity index (χ1v) is 27.9. The predicted molar refractivity (Wildman–Crippen MR) is 287 cm³/mol. The number of ether oxygens (including phenoxy) is 6. The molecule has 0 radical (unpaired) electrons. The summed E-state index contributed by atoms with van der Waals surface area (Å²) in [4.78, 5) is 41.6. The molecule has 0 saturated carbocycles. The number of nitrogens with one attached hydrogen (secondary N) is 1. The third-order valence-corrected chi connectivity index (χ3v) is 13.6. The lowest BCUT2D eigenvalue weighted by molar-refractivity contribution is -0.370. The quantitative estimate of drug-likeness (QED) is 0.0345. The SMILES string of the molecule is CCCCCCCCCCC[C@H](CC(=O)N[C@H]1[C@H](OCc2ccccc2)O[C@@H]2COC(C)(C)O[C@H]2[C@@H]1OC(=O)CCCCC/C=C\CCc1ccccc1)OC(=O)CCCCC/C=C\CCc1ccccc1. The van der Waals surface area contributed by atoms with Crippen LogP contribution in [0.4, 0.5) is 0 Å². The fourth-order valence-corrected chi connectivity index (χ4v) is 9.48. The number of carbonyl (C=O) groups is 3. The molecular formula is C62H89NO9. The number of unbranched alkanes of at least 4 members (excludes halogenated alkanes) is 14. The van der Waals surface area contributed by atoms with E-state index in [0.717, 1.165) is 95.5 Å². The molecule has 10 heteroatoms. The smallest absolute Gasteiger partial charge is 0.306 e. The number of rotatable bonds is 36. The molecule has 0 aliphatic carbocycles. The van der Waals surface area contributed by atoms with E-state index in [-0.39, 0.29) is 43.9 Å². The Kier molecular flexibility index (Phi) is 28.1. The molecule has 0 aromatic heterocycles. The van der Waals surface area contributed by atoms with E-state index in [4.69, 9.17) is 28.4 Å². The Labute approximate surface area is 433 Å². The minimum absolute atomic E-state index is 0.0383. The number of aryl methyl sites for hydroxylation is 2. The standard InChI is InChI=1S/C62H89NO9/c1-4-5-6-7-8-9-14-19-33-44-53(69-56(65)45-34-20-15-10-12-17-25-36-50-38-27-22-28-39-50)47-55(64)63-58-60(71-57(66)46-35-21-16-11-13-18-26-37-51-40-29-23-30-41-51)59-54(49-68-62(2,3)72-59)70-61(58)67-48-52-42-31-24-32-43-52/h12-13,17-18,22-24,27-32,38-43,53-54,58-61H,4-11,14-16,19-21,25-26,33-37,44-49H2,1-3H3,(H,63,64)/b17-12-,18-13-/t53-,54-,58-,59-,60-,61-/m1/s1. The summed E-state index contributed by atoms with van der Waals surface area (Å²) in [6.07, 6.45) is 27.8. The molecule has 3 aromatic carbocycles. The van der Waals surface area contributed by atoms with Crippen molar-refractivity contribution in [3.05, 3.63) is 132 Å². The highest BCUT2D eigenvalue weighted by atomic mass is 16.8. The molecule has 6 atom stereocenters. The van der Waals surface area contributed by atoms with Crippen molar-refractivity contribution >= 4 is 17.8 Å². The van der Waals surface area contributed by atoms with Crippen LogP contribution in [0.3, 0.4) is 0 Å². The van der Waals surface area contributed by atoms with Crippen molar-refractivity contribution in [3.8, 4) is 0 Å². The maximum absolute atomic E-state index is 14.4. The van der Waals surface area contributed by atoms with Crippen LogP contribution in [-0.4, -0.2) is 67.0 Å². The van der Waals surface area contributed by atoms with Crippen LogP contribution in [0.15, 0.2) is 115 Å². The summed E-state index contributed by atoms with van der Waals surface area (Å²) in [5.41, 5.74) is 3.61. The molecule has 0 unspecified atom stereocenters. The Bertz CT molecular complexity index is 1970. The summed E-state index contributed by atoms with van der Waals surface area (Å²) in [7, 11) is 0. The number of carbonyl (C=O) groups excluding carboxylic acids is 3. The number of hydrogen-bond donors (Lipinski definition) is 1. The van der Waals surface area contributed by atoms with Gasteiger partial charge >= 0.3 is 11.9 Å². The molecular weight excluding hydrogens is 903 g/mol. The number of esters is 2. The highest BCUT2D eigenvalue weighted by Crippen LogP contribution is 2.35. The molecule has 0 bridgehead atoms. The molecule has 396 valence electrons. The average molecular weight is 992 g/mol. The number of hydrogen-bond acceptors (Lipinski definition) is 9. The maximum atomic E-state index is 14.4. The van der Waals surface area contributed by atoms with E-state index >= 15 is 0 Å². The van der Waals surface area contributed by atoms with Crippen molar-refractivity contribution in [1.29, 1.82) is 0 Å². The molecule has 5 rings (SSSR count). The van der Waals surface area contributed by atoms with Gasteiger partial charge in [-0.1, -0.05) is 186 Å². The van der Waals surface area contributed by atoms with Crippen molar-refractivity contribution in [3.63, 3.8) is 0 Å². The van der Waals surface area contributed by atoms with Crippen LogP contribution in [0.5, 0.6) is 0 Å². The van der Waals surface area contributed by atoms with Crippen LogP contribution >= 0.6 is 0 Å². The van der Waals surface area contributed by atoms with Crippen molar-refractivity contribution < 1.29 is 42.8 Å². The molecule has 2 saturated heterocycles. The maximum Gasteiger partial charge on any atom is 0.306 e. The van der Waals surface area contributed by atoms with Crippen LogP contribution in [-0.2, 0) is 62.3 Å². The van der Waals surface area contributed by atoms with E-state index in [0.29, 0.717) is 19.3 Å². The molecule has 72 heavy (non-hydrogen) atoms. The fourth-order valence-electron chi connectivity index (χ4n) is 9.48. The second-order valence-corrected chi connectivity index (χ2v) is 20.3. The Morgan fingerprint density at radius 2 is 1.15 bits per heavy atom. The Morgan fingerprint density at radius 3 is 1.74 bits per heavy atom. The van der Waals surface area contributed by atoms with E-state index in [2.05, 4.69) is 85.1 Å². The van der Waals surface area contributed by atoms with Crippen molar-refractivity contribution in [1.82, 2.24) is 5.32 Å². The lowest BCUT2D eigenvalue weighted by Gasteiger charge is -2.50. The van der Waals surface area contributed by atoms with E-state index < -0.39 is 42.5 Å². The highest BCUT2D eigenvalue weighted by Gasteiger charge is 2.54. The van der Waals surface area contributed by atoms with Gasteiger partial charge in [0.05, 0.1) is 19.6 Å². The van der Waals surface area contributed by atoms with Gasteiger partial charge in [0.1, 0.15) is 24.4 Å². The average Bonchev–Trinajstić information content (AvgIpc) is 3.38. The van der Waals surface area contributed by atoms with Gasteiger partial charge in [-0.25, -0.2) is 0 Å². The highest BCUT2D eigenvalue weighted by molar-refractivity contribution is 5.78. The zero-order valence-electron chi connectivity index (χ0n) is 44.2. The Morgan fingerprint density at radius 1 is 0.639 bits per heavy atom. The molecule has 2 heterocycles. The fraction of sp³-hybridized carbons (Fsp3) is 0.597. The largest absolute Gasteiger partial charge is 0.462 e. The third kappa shape index (κ3) is 24.0. The Hall–Kier alpha value is -4.61. The van der Waals surface area contributed by atoms with Crippen LogP contribution in [0.2, 0.25) is 0 Å². The van der Waals surface area contributed by atoms with Gasteiger partial charge in [0.2, 0.25) is 5.91 Å². The summed E-state index contributed by atoms with van der Waals surface area (Å²) in [6.45, 7) is 6.27. The van der Waals surface area contributed by atoms with Crippen LogP contribution in [0.25, 0.3) is 0 Å². The van der Waals surface area contributed by atoms with Gasteiger partial charge in [-0.3, -0.25) is 14.4 Å². The van der Waals surface area contributed by atoms with E-state index in [9.17, 15) is 14.4 Å². The monoisotopic (exact) mass is 992 g/mol. The van der Waals surface area contributed by atoms with Crippen molar-refractivity contribution in [2.24, 2.45) is 0 Å². The molecule has 0 spiro atoms. The molecule has 1 amide bonds. The van der Waals surface area contributed by atoms with E-state index in [1.54, 1.807) is 0 Å². The summed E-state index contributed by atoms with van der Waals surface area (Å²) >= 11 is 0. The van der Waals surface area contributed by atoms with Gasteiger partial charge in [0, 0.05) is 12.8 Å². The minimum atomic E-state index is -0.993. The molecule has 2 aliphatic rings. The van der Waals surface area contributed by atoms with Gasteiger partial charge in [-0.2, -0.15) is 0 Å². The van der Waals surface area contributed by atoms with Gasteiger partial charge in [0.25, 0.3) is 0 Å². The second-order valence-electron chi connectivity index (χ2n) is 20.3. The predicted octanol–water partition coefficient (Wildman–Crippen LogP) is 14.0. The molecule has 1 N–H and O–H groups in total. The van der Waals surface area contributed by atoms with Crippen LogP contribution < -0.4 is 5.32 Å². The first kappa shape index (κ1) is 58.3. The molecule has 2 fully saturated rings. The molecule has 2 aliphatic heterocycles. The number of benzene rings is 3. The summed E-state index contributed by atoms with van der Waals surface area (Å²) in [5.74, 6) is -1.97. The lowest BCUT2D eigenvalue weighted by atomic mass is 9.94. The van der Waals surface area contributed by atoms with Crippen LogP contribution in [0, 0.1) is 0 Å². The lowest BCUT2D eigenvalue weighted by Crippen LogP contribution is -2.69. The number of amides is 1. The topological polar surface area (TPSA) is 119 Å². The zero-order valence-corrected chi connectivity index (χ0v) is 44.2. The van der Waals surface area contributed by atoms with Gasteiger partial charge in [-0.15, -0.1) is 0 Å². The normalized spacial score (nSPS) is 20.0. The van der Waals surface area contributed by atoms with Gasteiger partial charge < -0.3 is 33.7 Å². The Balaban J connectivity index is 1.19. The van der Waals surface area contributed by atoms with Crippen LogP contribution in [0.1, 0.15) is 185 Å². The first-order chi connectivity index (χ1) is 35.2. The van der Waals surface area contributed by atoms with E-state index in [1.807, 2.05) is 56.3 Å². The summed E-state index contributed by atoms with van der Waals surface area (Å²) in [6, 6.07) is 29.9. The number of allylic oxidation sites excluding steroid dienone is 4. The first-order valence-electron chi connectivity index (χ1n) is 27.9. The summed E-state index contributed by atoms with van der Waals surface area (Å²) < 4.78 is 38.0. The minimum Gasteiger partial charge on any atom is -0.462 e. The van der Waals surface area contributed by atoms with E-state index in [1.165, 1.54) is 49.7 Å².